The summed E-state index contributed by atoms with van der Waals surface area (Å²) in [5.41, 5.74) is 0.912. The van der Waals surface area contributed by atoms with Gasteiger partial charge in [-0.1, -0.05) is 12.1 Å². The molecule has 0 bridgehead atoms. The Labute approximate surface area is 120 Å². The normalized spacial score (nSPS) is 11.0. The number of alkyl halides is 2. The number of halogens is 2. The largest absolute Gasteiger partial charge is 0.478 e. The van der Waals surface area contributed by atoms with Crippen LogP contribution in [0.4, 0.5) is 8.78 Å². The molecule has 0 atom stereocenters. The molecule has 0 radical (unpaired) electrons. The number of benzene rings is 1. The molecular weight excluding hydrogens is 284 g/mol. The number of carboxylic acids is 1. The first-order valence-electron chi connectivity index (χ1n) is 6.14. The number of hydrogen-bond donors (Lipinski definition) is 2. The molecule has 0 aliphatic carbocycles. The van der Waals surface area contributed by atoms with Crippen LogP contribution >= 0.6 is 0 Å². The number of amides is 1. The van der Waals surface area contributed by atoms with Crippen molar-refractivity contribution in [2.75, 3.05) is 19.8 Å². The molecule has 0 aliphatic heterocycles. The molecule has 21 heavy (non-hydrogen) atoms. The summed E-state index contributed by atoms with van der Waals surface area (Å²) in [6, 6.07) is 6.36. The molecule has 0 saturated carbocycles. The summed E-state index contributed by atoms with van der Waals surface area (Å²) in [5.74, 6) is -1.47. The highest BCUT2D eigenvalue weighted by molar-refractivity contribution is 5.95. The van der Waals surface area contributed by atoms with E-state index in [9.17, 15) is 18.4 Å². The van der Waals surface area contributed by atoms with E-state index in [-0.39, 0.29) is 19.1 Å². The second-order valence-electron chi connectivity index (χ2n) is 4.02. The first kappa shape index (κ1) is 16.8. The third-order valence-corrected chi connectivity index (χ3v) is 2.34. The Balaban J connectivity index is 2.47. The molecule has 1 aromatic rings. The zero-order valence-electron chi connectivity index (χ0n) is 11.1. The highest BCUT2D eigenvalue weighted by atomic mass is 19.3. The van der Waals surface area contributed by atoms with Gasteiger partial charge in [-0.3, -0.25) is 4.79 Å². The highest BCUT2D eigenvalue weighted by Crippen LogP contribution is 2.07. The van der Waals surface area contributed by atoms with Gasteiger partial charge in [0, 0.05) is 18.2 Å². The Hall–Kier alpha value is -2.28. The molecule has 0 aromatic heterocycles. The van der Waals surface area contributed by atoms with Crippen LogP contribution in [0.1, 0.15) is 15.9 Å². The van der Waals surface area contributed by atoms with Crippen LogP contribution in [0, 0.1) is 0 Å². The summed E-state index contributed by atoms with van der Waals surface area (Å²) in [4.78, 5) is 22.2. The average molecular weight is 299 g/mol. The first-order chi connectivity index (χ1) is 9.99. The van der Waals surface area contributed by atoms with Crippen LogP contribution in [0.2, 0.25) is 0 Å². The maximum atomic E-state index is 11.8. The van der Waals surface area contributed by atoms with Crippen LogP contribution in [0.15, 0.2) is 30.3 Å². The van der Waals surface area contributed by atoms with Crippen molar-refractivity contribution >= 4 is 18.0 Å². The maximum Gasteiger partial charge on any atom is 0.328 e. The van der Waals surface area contributed by atoms with E-state index in [1.807, 2.05) is 0 Å². The van der Waals surface area contributed by atoms with E-state index in [2.05, 4.69) is 10.1 Å². The molecule has 2 N–H and O–H groups in total. The van der Waals surface area contributed by atoms with Gasteiger partial charge in [0.25, 0.3) is 12.3 Å². The summed E-state index contributed by atoms with van der Waals surface area (Å²) < 4.78 is 28.2. The van der Waals surface area contributed by atoms with Crippen molar-refractivity contribution in [3.8, 4) is 0 Å². The van der Waals surface area contributed by atoms with E-state index in [1.54, 1.807) is 18.2 Å². The zero-order chi connectivity index (χ0) is 15.7. The quantitative estimate of drug-likeness (QED) is 0.567. The molecule has 0 spiro atoms. The molecule has 0 saturated heterocycles. The lowest BCUT2D eigenvalue weighted by Gasteiger charge is -2.06. The van der Waals surface area contributed by atoms with Gasteiger partial charge in [0.2, 0.25) is 0 Å². The molecular formula is C14H15F2NO4. The van der Waals surface area contributed by atoms with Gasteiger partial charge in [0.15, 0.2) is 0 Å². The summed E-state index contributed by atoms with van der Waals surface area (Å²) in [6.07, 6.45) is -0.196. The molecule has 1 rings (SSSR count). The molecule has 7 heteroatoms. The monoisotopic (exact) mass is 299 g/mol. The smallest absolute Gasteiger partial charge is 0.328 e. The lowest BCUT2D eigenvalue weighted by Crippen LogP contribution is -2.27. The molecule has 0 heterocycles. The summed E-state index contributed by atoms with van der Waals surface area (Å²) in [6.45, 7) is -0.555. The summed E-state index contributed by atoms with van der Waals surface area (Å²) in [7, 11) is 0. The lowest BCUT2D eigenvalue weighted by molar-refractivity contribution is -0.131. The number of ether oxygens (including phenoxy) is 1. The van der Waals surface area contributed by atoms with Gasteiger partial charge in [-0.05, 0) is 23.8 Å². The van der Waals surface area contributed by atoms with Crippen LogP contribution in [-0.2, 0) is 9.53 Å². The van der Waals surface area contributed by atoms with Crippen LogP contribution in [-0.4, -0.2) is 43.2 Å². The van der Waals surface area contributed by atoms with Crippen molar-refractivity contribution < 1.29 is 28.2 Å². The number of carbonyl (C=O) groups is 2. The third kappa shape index (κ3) is 7.17. The Bertz CT molecular complexity index is 517. The molecule has 1 amide bonds. The minimum Gasteiger partial charge on any atom is -0.478 e. The van der Waals surface area contributed by atoms with Crippen molar-refractivity contribution in [1.29, 1.82) is 0 Å². The number of hydrogen-bond acceptors (Lipinski definition) is 3. The Morgan fingerprint density at radius 1 is 1.38 bits per heavy atom. The van der Waals surface area contributed by atoms with Gasteiger partial charge in [-0.15, -0.1) is 0 Å². The van der Waals surface area contributed by atoms with Gasteiger partial charge in [-0.2, -0.15) is 0 Å². The number of carboxylic acid groups (broad SMARTS) is 1. The van der Waals surface area contributed by atoms with E-state index >= 15 is 0 Å². The summed E-state index contributed by atoms with van der Waals surface area (Å²) >= 11 is 0. The summed E-state index contributed by atoms with van der Waals surface area (Å²) in [5, 5.41) is 11.0. The van der Waals surface area contributed by atoms with E-state index in [0.717, 1.165) is 6.08 Å². The van der Waals surface area contributed by atoms with E-state index < -0.39 is 19.0 Å². The minimum absolute atomic E-state index is 0.00527. The van der Waals surface area contributed by atoms with Gasteiger partial charge in [-0.25, -0.2) is 13.6 Å². The number of rotatable bonds is 8. The molecule has 5 nitrogen and oxygen atoms in total. The standard InChI is InChI=1S/C14H15F2NO4/c15-12(16)9-21-7-6-17-14(20)11-3-1-2-10(8-11)4-5-13(18)19/h1-5,8,12H,6-7,9H2,(H,17,20)(H,18,19)/b5-4+. The Kier molecular flexibility index (Phi) is 7.03. The van der Waals surface area contributed by atoms with Crippen molar-refractivity contribution in [3.63, 3.8) is 0 Å². The minimum atomic E-state index is -2.53. The predicted octanol–water partition coefficient (Wildman–Crippen LogP) is 1.80. The van der Waals surface area contributed by atoms with Gasteiger partial charge in [0.1, 0.15) is 6.61 Å². The Morgan fingerprint density at radius 3 is 2.81 bits per heavy atom. The Morgan fingerprint density at radius 2 is 2.14 bits per heavy atom. The predicted molar refractivity (Wildman–Crippen MR) is 72.3 cm³/mol. The highest BCUT2D eigenvalue weighted by Gasteiger charge is 2.06. The molecule has 114 valence electrons. The van der Waals surface area contributed by atoms with Crippen molar-refractivity contribution in [3.05, 3.63) is 41.5 Å². The second-order valence-corrected chi connectivity index (χ2v) is 4.02. The van der Waals surface area contributed by atoms with Crippen molar-refractivity contribution in [1.82, 2.24) is 5.32 Å². The number of carbonyl (C=O) groups excluding carboxylic acids is 1. The third-order valence-electron chi connectivity index (χ3n) is 2.34. The van der Waals surface area contributed by atoms with Gasteiger partial charge >= 0.3 is 5.97 Å². The number of aliphatic carboxylic acids is 1. The van der Waals surface area contributed by atoms with E-state index in [4.69, 9.17) is 5.11 Å². The number of nitrogens with one attached hydrogen (secondary N) is 1. The van der Waals surface area contributed by atoms with Crippen LogP contribution < -0.4 is 5.32 Å². The van der Waals surface area contributed by atoms with E-state index in [1.165, 1.54) is 12.1 Å². The van der Waals surface area contributed by atoms with Crippen molar-refractivity contribution in [2.24, 2.45) is 0 Å². The molecule has 1 aromatic carbocycles. The molecule has 0 aliphatic rings. The fourth-order valence-corrected chi connectivity index (χ4v) is 1.46. The average Bonchev–Trinajstić information content (AvgIpc) is 2.44. The molecule has 0 unspecified atom stereocenters. The second kappa shape index (κ2) is 8.80. The maximum absolute atomic E-state index is 11.8. The van der Waals surface area contributed by atoms with Crippen molar-refractivity contribution in [2.45, 2.75) is 6.43 Å². The van der Waals surface area contributed by atoms with Gasteiger partial charge < -0.3 is 15.2 Å². The lowest BCUT2D eigenvalue weighted by atomic mass is 10.1. The fourth-order valence-electron chi connectivity index (χ4n) is 1.46. The van der Waals surface area contributed by atoms with Crippen LogP contribution in [0.3, 0.4) is 0 Å². The van der Waals surface area contributed by atoms with Crippen LogP contribution in [0.5, 0.6) is 0 Å². The SMILES string of the molecule is O=C(O)/C=C/c1cccc(C(=O)NCCOCC(F)F)c1. The van der Waals surface area contributed by atoms with Gasteiger partial charge in [0.05, 0.1) is 6.61 Å². The first-order valence-corrected chi connectivity index (χ1v) is 6.14. The zero-order valence-corrected chi connectivity index (χ0v) is 11.1. The molecule has 0 fully saturated rings. The fraction of sp³-hybridized carbons (Fsp3) is 0.286. The topological polar surface area (TPSA) is 75.6 Å². The van der Waals surface area contributed by atoms with E-state index in [0.29, 0.717) is 11.1 Å². The van der Waals surface area contributed by atoms with Crippen LogP contribution in [0.25, 0.3) is 6.08 Å².